The molecule has 234 valence electrons. The number of aliphatic hydroxyl groups excluding tert-OH is 2. The van der Waals surface area contributed by atoms with Crippen LogP contribution in [0.4, 0.5) is 0 Å². The molecule has 0 aliphatic rings. The lowest BCUT2D eigenvalue weighted by Crippen LogP contribution is -2.54. The van der Waals surface area contributed by atoms with E-state index in [0.29, 0.717) is 6.42 Å². The van der Waals surface area contributed by atoms with Crippen LogP contribution in [0.1, 0.15) is 135 Å². The average molecular weight is 559 g/mol. The van der Waals surface area contributed by atoms with Gasteiger partial charge in [0.05, 0.1) is 19.3 Å². The van der Waals surface area contributed by atoms with Crippen molar-refractivity contribution in [1.82, 2.24) is 10.6 Å². The summed E-state index contributed by atoms with van der Waals surface area (Å²) in [5, 5.41) is 29.9. The van der Waals surface area contributed by atoms with Gasteiger partial charge in [0, 0.05) is 18.5 Å². The van der Waals surface area contributed by atoms with Crippen molar-refractivity contribution in [3.05, 3.63) is 0 Å². The monoisotopic (exact) mass is 559 g/mol. The van der Waals surface area contributed by atoms with E-state index in [1.807, 2.05) is 0 Å². The van der Waals surface area contributed by atoms with Crippen LogP contribution in [-0.4, -0.2) is 73.8 Å². The van der Waals surface area contributed by atoms with Gasteiger partial charge in [-0.05, 0) is 71.1 Å². The number of nitrogens with two attached hydrogens (primary N) is 2. The third kappa shape index (κ3) is 22.6. The van der Waals surface area contributed by atoms with Gasteiger partial charge in [-0.25, -0.2) is 0 Å². The van der Waals surface area contributed by atoms with Gasteiger partial charge in [-0.2, -0.15) is 0 Å². The number of methoxy groups -OCH3 is 1. The molecule has 0 bridgehead atoms. The van der Waals surface area contributed by atoms with Crippen molar-refractivity contribution in [2.24, 2.45) is 11.5 Å². The topological polar surface area (TPSA) is 143 Å². The van der Waals surface area contributed by atoms with Gasteiger partial charge >= 0.3 is 5.97 Å². The average Bonchev–Trinajstić information content (AvgIpc) is 2.95. The van der Waals surface area contributed by atoms with Crippen molar-refractivity contribution in [2.75, 3.05) is 33.3 Å². The van der Waals surface area contributed by atoms with Crippen LogP contribution < -0.4 is 22.1 Å². The Bertz CT molecular complexity index is 527. The Balaban J connectivity index is 4.90. The van der Waals surface area contributed by atoms with E-state index < -0.39 is 12.2 Å². The number of rotatable bonds is 30. The van der Waals surface area contributed by atoms with Crippen molar-refractivity contribution in [1.29, 1.82) is 0 Å². The minimum absolute atomic E-state index is 0.0986. The summed E-state index contributed by atoms with van der Waals surface area (Å²) in [7, 11) is 1.43. The molecule has 0 heterocycles. The zero-order chi connectivity index (χ0) is 29.0. The lowest BCUT2D eigenvalue weighted by molar-refractivity contribution is -0.140. The smallest absolute Gasteiger partial charge is 0.305 e. The van der Waals surface area contributed by atoms with Crippen LogP contribution in [-0.2, 0) is 9.53 Å². The first-order valence-electron chi connectivity index (χ1n) is 16.3. The number of carbonyl (C=O) groups is 1. The van der Waals surface area contributed by atoms with E-state index in [4.69, 9.17) is 16.2 Å². The lowest BCUT2D eigenvalue weighted by Gasteiger charge is -2.33. The molecule has 0 aromatic heterocycles. The zero-order valence-corrected chi connectivity index (χ0v) is 25.6. The summed E-state index contributed by atoms with van der Waals surface area (Å²) in [5.74, 6) is -0.142. The van der Waals surface area contributed by atoms with Gasteiger partial charge in [0.15, 0.2) is 0 Å². The molecule has 0 fully saturated rings. The van der Waals surface area contributed by atoms with Gasteiger partial charge in [-0.1, -0.05) is 84.0 Å². The molecule has 0 aliphatic heterocycles. The number of unbranched alkanes of at least 4 members (excludes halogenated alkanes) is 13. The minimum atomic E-state index is -0.811. The van der Waals surface area contributed by atoms with Crippen molar-refractivity contribution in [2.45, 2.75) is 160 Å². The third-order valence-electron chi connectivity index (χ3n) is 7.74. The van der Waals surface area contributed by atoms with Crippen LogP contribution in [0.15, 0.2) is 0 Å². The van der Waals surface area contributed by atoms with Gasteiger partial charge in [0.1, 0.15) is 0 Å². The predicted molar refractivity (Wildman–Crippen MR) is 164 cm³/mol. The van der Waals surface area contributed by atoms with Crippen molar-refractivity contribution < 1.29 is 19.7 Å². The molecule has 0 spiro atoms. The molecule has 0 amide bonds. The summed E-state index contributed by atoms with van der Waals surface area (Å²) in [5.41, 5.74) is 11.2. The molecule has 0 radical (unpaired) electrons. The largest absolute Gasteiger partial charge is 0.469 e. The van der Waals surface area contributed by atoms with Gasteiger partial charge < -0.3 is 37.1 Å². The van der Waals surface area contributed by atoms with Crippen LogP contribution >= 0.6 is 0 Å². The minimum Gasteiger partial charge on any atom is -0.469 e. The van der Waals surface area contributed by atoms with Crippen LogP contribution in [0.25, 0.3) is 0 Å². The number of ether oxygens (including phenoxy) is 1. The highest BCUT2D eigenvalue weighted by atomic mass is 16.5. The number of carbonyl (C=O) groups excluding carboxylic acids is 1. The molecule has 0 saturated heterocycles. The van der Waals surface area contributed by atoms with Crippen LogP contribution in [0.3, 0.4) is 0 Å². The van der Waals surface area contributed by atoms with Crippen LogP contribution in [0, 0.1) is 0 Å². The highest BCUT2D eigenvalue weighted by Gasteiger charge is 2.31. The first kappa shape index (κ1) is 38.2. The Morgan fingerprint density at radius 2 is 1.05 bits per heavy atom. The summed E-state index contributed by atoms with van der Waals surface area (Å²) < 4.78 is 4.71. The fourth-order valence-corrected chi connectivity index (χ4v) is 5.14. The first-order valence-corrected chi connectivity index (χ1v) is 16.3. The molecule has 8 nitrogen and oxygen atoms in total. The Morgan fingerprint density at radius 3 is 1.51 bits per heavy atom. The van der Waals surface area contributed by atoms with Gasteiger partial charge in [0.2, 0.25) is 0 Å². The third-order valence-corrected chi connectivity index (χ3v) is 7.74. The van der Waals surface area contributed by atoms with Crippen LogP contribution in [0.2, 0.25) is 0 Å². The second kappa shape index (κ2) is 28.7. The van der Waals surface area contributed by atoms with E-state index in [-0.39, 0.29) is 18.1 Å². The number of aliphatic hydroxyl groups is 2. The first-order chi connectivity index (χ1) is 19.0. The zero-order valence-electron chi connectivity index (χ0n) is 25.6. The fourth-order valence-electron chi connectivity index (χ4n) is 5.14. The van der Waals surface area contributed by atoms with E-state index >= 15 is 0 Å². The highest BCUT2D eigenvalue weighted by Crippen LogP contribution is 2.18. The summed E-state index contributed by atoms with van der Waals surface area (Å²) in [6.45, 7) is 5.39. The number of esters is 1. The van der Waals surface area contributed by atoms with E-state index in [0.717, 1.165) is 135 Å². The molecule has 0 aliphatic carbocycles. The lowest BCUT2D eigenvalue weighted by atomic mass is 9.92. The maximum absolute atomic E-state index is 11.4. The maximum Gasteiger partial charge on any atom is 0.305 e. The second-order valence-corrected chi connectivity index (χ2v) is 11.2. The Labute approximate surface area is 240 Å². The maximum atomic E-state index is 11.4. The molecule has 0 rings (SSSR count). The van der Waals surface area contributed by atoms with Crippen LogP contribution in [0.5, 0.6) is 0 Å². The van der Waals surface area contributed by atoms with Crippen molar-refractivity contribution in [3.8, 4) is 0 Å². The highest BCUT2D eigenvalue weighted by molar-refractivity contribution is 5.68. The molecular weight excluding hydrogens is 492 g/mol. The molecule has 8 N–H and O–H groups in total. The molecule has 4 atom stereocenters. The van der Waals surface area contributed by atoms with E-state index in [9.17, 15) is 15.0 Å². The summed E-state index contributed by atoms with van der Waals surface area (Å²) in [6, 6.07) is -0.229. The second-order valence-electron chi connectivity index (χ2n) is 11.2. The Hall–Kier alpha value is -0.770. The van der Waals surface area contributed by atoms with Gasteiger partial charge in [0.25, 0.3) is 0 Å². The normalized spacial score (nSPS) is 14.7. The Kier molecular flexibility index (Phi) is 28.2. The SMILES string of the molecule is CCCCCCC(NCCCCCCN)C(O)C(O)C(CCCCCCCC(=O)OC)NCCCCCCN. The van der Waals surface area contributed by atoms with Gasteiger partial charge in [-0.15, -0.1) is 0 Å². The summed E-state index contributed by atoms with van der Waals surface area (Å²) >= 11 is 0. The molecule has 0 aromatic carbocycles. The molecule has 4 unspecified atom stereocenters. The summed E-state index contributed by atoms with van der Waals surface area (Å²) in [6.07, 6.45) is 18.9. The molecular formula is C31H66N4O4. The number of hydrogen-bond acceptors (Lipinski definition) is 8. The number of hydrogen-bond donors (Lipinski definition) is 6. The van der Waals surface area contributed by atoms with E-state index in [1.165, 1.54) is 20.0 Å². The van der Waals surface area contributed by atoms with Crippen molar-refractivity contribution in [3.63, 3.8) is 0 Å². The van der Waals surface area contributed by atoms with Gasteiger partial charge in [-0.3, -0.25) is 4.79 Å². The quantitative estimate of drug-likeness (QED) is 0.0557. The predicted octanol–water partition coefficient (Wildman–Crippen LogP) is 4.54. The fraction of sp³-hybridized carbons (Fsp3) is 0.968. The molecule has 0 aromatic rings. The summed E-state index contributed by atoms with van der Waals surface area (Å²) in [4.78, 5) is 11.3. The standard InChI is InChI=1S/C31H66N4O4/c1-3-4-5-13-20-27(34-25-18-11-9-16-23-32)30(37)31(38)28(35-26-19-12-10-17-24-33)21-14-7-6-8-15-22-29(36)39-2/h27-28,30-31,34-35,37-38H,3-26,32-33H2,1-2H3. The molecule has 39 heavy (non-hydrogen) atoms. The molecule has 8 heteroatoms. The Morgan fingerprint density at radius 1 is 0.641 bits per heavy atom. The van der Waals surface area contributed by atoms with E-state index in [1.54, 1.807) is 0 Å². The van der Waals surface area contributed by atoms with Crippen molar-refractivity contribution >= 4 is 5.97 Å². The molecule has 0 saturated carbocycles. The van der Waals surface area contributed by atoms with E-state index in [2.05, 4.69) is 17.6 Å². The number of nitrogens with one attached hydrogen (secondary N) is 2.